The minimum absolute atomic E-state index is 0.245. The Bertz CT molecular complexity index is 981. The Hall–Kier alpha value is -2.83. The molecule has 3 rings (SSSR count). The second-order valence-corrected chi connectivity index (χ2v) is 9.51. The SMILES string of the molecule is C=C(C)Cc1ccc(-c2ccc(CC(C#N)NC(=C)C3CCC(C)CCN3)cc2)cc1C.CC. The van der Waals surface area contributed by atoms with Crippen molar-refractivity contribution in [3.63, 3.8) is 0 Å². The summed E-state index contributed by atoms with van der Waals surface area (Å²) in [7, 11) is 0. The monoisotopic (exact) mass is 457 g/mol. The molecule has 1 aliphatic rings. The largest absolute Gasteiger partial charge is 0.372 e. The minimum atomic E-state index is -0.278. The summed E-state index contributed by atoms with van der Waals surface area (Å²) in [5.41, 5.74) is 8.31. The van der Waals surface area contributed by atoms with Gasteiger partial charge in [-0.15, -0.1) is 0 Å². The average molecular weight is 458 g/mol. The number of aryl methyl sites for hydroxylation is 1. The van der Waals surface area contributed by atoms with Crippen LogP contribution in [0.15, 0.2) is 66.9 Å². The Balaban J connectivity index is 0.00000199. The molecule has 3 atom stereocenters. The van der Waals surface area contributed by atoms with Crippen LogP contribution in [0.4, 0.5) is 0 Å². The Kier molecular flexibility index (Phi) is 11.1. The maximum atomic E-state index is 9.70. The quantitative estimate of drug-likeness (QED) is 0.415. The van der Waals surface area contributed by atoms with Crippen LogP contribution in [0.5, 0.6) is 0 Å². The van der Waals surface area contributed by atoms with E-state index in [9.17, 15) is 5.26 Å². The molecule has 0 saturated carbocycles. The Morgan fingerprint density at radius 3 is 2.38 bits per heavy atom. The van der Waals surface area contributed by atoms with Gasteiger partial charge in [0.25, 0.3) is 0 Å². The van der Waals surface area contributed by atoms with Gasteiger partial charge in [-0.25, -0.2) is 0 Å². The lowest BCUT2D eigenvalue weighted by atomic mass is 9.95. The Morgan fingerprint density at radius 2 is 1.76 bits per heavy atom. The zero-order valence-corrected chi connectivity index (χ0v) is 21.9. The molecular formula is C31H43N3. The Labute approximate surface area is 208 Å². The molecule has 1 aliphatic heterocycles. The minimum Gasteiger partial charge on any atom is -0.372 e. The predicted molar refractivity (Wildman–Crippen MR) is 147 cm³/mol. The van der Waals surface area contributed by atoms with Crippen molar-refractivity contribution in [1.29, 1.82) is 5.26 Å². The van der Waals surface area contributed by atoms with Crippen LogP contribution < -0.4 is 10.6 Å². The first-order valence-electron chi connectivity index (χ1n) is 12.8. The summed E-state index contributed by atoms with van der Waals surface area (Å²) in [6.45, 7) is 19.8. The van der Waals surface area contributed by atoms with Gasteiger partial charge in [0.15, 0.2) is 0 Å². The molecule has 0 spiro atoms. The van der Waals surface area contributed by atoms with Gasteiger partial charge in [-0.1, -0.05) is 82.0 Å². The number of nitriles is 1. The first-order valence-corrected chi connectivity index (χ1v) is 12.8. The predicted octanol–water partition coefficient (Wildman–Crippen LogP) is 7.12. The molecule has 1 saturated heterocycles. The van der Waals surface area contributed by atoms with Gasteiger partial charge in [0.05, 0.1) is 6.07 Å². The third-order valence-corrected chi connectivity index (χ3v) is 6.47. The van der Waals surface area contributed by atoms with E-state index in [2.05, 4.69) is 93.1 Å². The van der Waals surface area contributed by atoms with Crippen molar-refractivity contribution in [3.05, 3.63) is 83.6 Å². The molecular weight excluding hydrogens is 414 g/mol. The normalized spacial score (nSPS) is 18.5. The molecule has 3 heteroatoms. The van der Waals surface area contributed by atoms with Crippen molar-refractivity contribution in [3.8, 4) is 17.2 Å². The fourth-order valence-corrected chi connectivity index (χ4v) is 4.42. The van der Waals surface area contributed by atoms with Gasteiger partial charge < -0.3 is 10.6 Å². The van der Waals surface area contributed by atoms with E-state index in [4.69, 9.17) is 0 Å². The van der Waals surface area contributed by atoms with Crippen molar-refractivity contribution in [2.75, 3.05) is 6.54 Å². The van der Waals surface area contributed by atoms with Crippen LogP contribution in [-0.2, 0) is 12.8 Å². The third kappa shape index (κ3) is 8.19. The molecule has 0 aliphatic carbocycles. The topological polar surface area (TPSA) is 47.9 Å². The van der Waals surface area contributed by atoms with E-state index in [-0.39, 0.29) is 12.1 Å². The maximum absolute atomic E-state index is 9.70. The molecule has 0 amide bonds. The highest BCUT2D eigenvalue weighted by molar-refractivity contribution is 5.65. The molecule has 182 valence electrons. The summed E-state index contributed by atoms with van der Waals surface area (Å²) in [5, 5.41) is 16.7. The van der Waals surface area contributed by atoms with Crippen LogP contribution in [0.2, 0.25) is 0 Å². The van der Waals surface area contributed by atoms with Gasteiger partial charge in [0.2, 0.25) is 0 Å². The molecule has 2 N–H and O–H groups in total. The van der Waals surface area contributed by atoms with Gasteiger partial charge in [-0.3, -0.25) is 0 Å². The fraction of sp³-hybridized carbons (Fsp3) is 0.452. The highest BCUT2D eigenvalue weighted by Crippen LogP contribution is 2.24. The van der Waals surface area contributed by atoms with E-state index in [0.29, 0.717) is 6.42 Å². The van der Waals surface area contributed by atoms with E-state index >= 15 is 0 Å². The second kappa shape index (κ2) is 13.8. The average Bonchev–Trinajstić information content (AvgIpc) is 3.06. The molecule has 2 aromatic rings. The summed E-state index contributed by atoms with van der Waals surface area (Å²) in [5.74, 6) is 0.747. The van der Waals surface area contributed by atoms with Gasteiger partial charge in [0.1, 0.15) is 6.04 Å². The fourth-order valence-electron chi connectivity index (χ4n) is 4.42. The van der Waals surface area contributed by atoms with Crippen molar-refractivity contribution >= 4 is 0 Å². The van der Waals surface area contributed by atoms with Crippen LogP contribution in [0.1, 0.15) is 63.6 Å². The molecule has 1 heterocycles. The van der Waals surface area contributed by atoms with Crippen molar-refractivity contribution in [2.24, 2.45) is 5.92 Å². The summed E-state index contributed by atoms with van der Waals surface area (Å²) < 4.78 is 0. The van der Waals surface area contributed by atoms with E-state index in [1.165, 1.54) is 40.7 Å². The van der Waals surface area contributed by atoms with Crippen LogP contribution in [0, 0.1) is 24.2 Å². The summed E-state index contributed by atoms with van der Waals surface area (Å²) in [4.78, 5) is 0. The number of nitrogens with zero attached hydrogens (tertiary/aromatic N) is 1. The van der Waals surface area contributed by atoms with E-state index in [0.717, 1.165) is 36.6 Å². The van der Waals surface area contributed by atoms with E-state index < -0.39 is 0 Å². The van der Waals surface area contributed by atoms with Crippen LogP contribution in [0.3, 0.4) is 0 Å². The molecule has 2 aromatic carbocycles. The van der Waals surface area contributed by atoms with Crippen LogP contribution in [-0.4, -0.2) is 18.6 Å². The van der Waals surface area contributed by atoms with Gasteiger partial charge in [-0.2, -0.15) is 5.26 Å². The van der Waals surface area contributed by atoms with Crippen molar-refractivity contribution in [1.82, 2.24) is 10.6 Å². The second-order valence-electron chi connectivity index (χ2n) is 9.51. The van der Waals surface area contributed by atoms with Crippen molar-refractivity contribution < 1.29 is 0 Å². The molecule has 1 fully saturated rings. The zero-order valence-electron chi connectivity index (χ0n) is 21.9. The maximum Gasteiger partial charge on any atom is 0.118 e. The van der Waals surface area contributed by atoms with Gasteiger partial charge in [0, 0.05) is 18.2 Å². The van der Waals surface area contributed by atoms with Crippen LogP contribution in [0.25, 0.3) is 11.1 Å². The lowest BCUT2D eigenvalue weighted by molar-refractivity contribution is 0.498. The lowest BCUT2D eigenvalue weighted by Crippen LogP contribution is -2.40. The molecule has 0 bridgehead atoms. The van der Waals surface area contributed by atoms with E-state index in [1.54, 1.807) is 0 Å². The van der Waals surface area contributed by atoms with Crippen LogP contribution >= 0.6 is 0 Å². The highest BCUT2D eigenvalue weighted by atomic mass is 15.0. The summed E-state index contributed by atoms with van der Waals surface area (Å²) in [6.07, 6.45) is 5.06. The smallest absolute Gasteiger partial charge is 0.118 e. The molecule has 3 unspecified atom stereocenters. The standard InChI is InChI=1S/C29H37N3.C2H6/c1-20(2)16-26-11-12-27(17-22(26)4)25-9-7-24(8-10-25)18-28(19-30)32-23(5)29-13-6-21(3)14-15-31-29;1-2/h7-12,17,21,28-29,31-32H,1,5-6,13-16,18H2,2-4H3;1-2H3. The van der Waals surface area contributed by atoms with E-state index in [1.807, 2.05) is 13.8 Å². The summed E-state index contributed by atoms with van der Waals surface area (Å²) >= 11 is 0. The number of hydrogen-bond acceptors (Lipinski definition) is 3. The number of benzene rings is 2. The van der Waals surface area contributed by atoms with Crippen molar-refractivity contribution in [2.45, 2.75) is 78.8 Å². The molecule has 0 aromatic heterocycles. The molecule has 3 nitrogen and oxygen atoms in total. The first-order chi connectivity index (χ1) is 16.4. The lowest BCUT2D eigenvalue weighted by Gasteiger charge is -2.23. The number of hydrogen-bond donors (Lipinski definition) is 2. The number of allylic oxidation sites excluding steroid dienone is 1. The third-order valence-electron chi connectivity index (χ3n) is 6.47. The summed E-state index contributed by atoms with van der Waals surface area (Å²) in [6, 6.07) is 17.6. The Morgan fingerprint density at radius 1 is 1.09 bits per heavy atom. The first kappa shape index (κ1) is 27.4. The van der Waals surface area contributed by atoms with Gasteiger partial charge in [-0.05, 0) is 79.8 Å². The zero-order chi connectivity index (χ0) is 25.1. The molecule has 34 heavy (non-hydrogen) atoms. The molecule has 0 radical (unpaired) electrons. The highest BCUT2D eigenvalue weighted by Gasteiger charge is 2.20. The van der Waals surface area contributed by atoms with Gasteiger partial charge >= 0.3 is 0 Å². The number of rotatable bonds is 8. The number of nitrogens with one attached hydrogen (secondary N) is 2.